The van der Waals surface area contributed by atoms with Gasteiger partial charge in [0.05, 0.1) is 11.4 Å². The Kier molecular flexibility index (Phi) is 4.98. The molecule has 0 saturated heterocycles. The van der Waals surface area contributed by atoms with Crippen molar-refractivity contribution in [1.29, 1.82) is 0 Å². The van der Waals surface area contributed by atoms with Gasteiger partial charge in [0, 0.05) is 12.1 Å². The Balaban J connectivity index is 1.39. The summed E-state index contributed by atoms with van der Waals surface area (Å²) in [6, 6.07) is 16.3. The molecule has 0 atom stereocenters. The van der Waals surface area contributed by atoms with Crippen molar-refractivity contribution in [3.8, 4) is 11.5 Å². The highest BCUT2D eigenvalue weighted by Gasteiger charge is 2.24. The summed E-state index contributed by atoms with van der Waals surface area (Å²) >= 11 is 0. The van der Waals surface area contributed by atoms with Crippen molar-refractivity contribution in [3.63, 3.8) is 0 Å². The third kappa shape index (κ3) is 4.00. The fraction of sp³-hybridized carbons (Fsp3) is 0.174. The monoisotopic (exact) mass is 432 g/mol. The Labute approximate surface area is 183 Å². The van der Waals surface area contributed by atoms with Crippen molar-refractivity contribution in [2.75, 3.05) is 17.4 Å². The number of fused-ring (bicyclic) bond motifs is 2. The van der Waals surface area contributed by atoms with Gasteiger partial charge < -0.3 is 25.2 Å². The van der Waals surface area contributed by atoms with E-state index < -0.39 is 6.09 Å². The molecule has 32 heavy (non-hydrogen) atoms. The van der Waals surface area contributed by atoms with E-state index >= 15 is 0 Å². The zero-order chi connectivity index (χ0) is 22.1. The summed E-state index contributed by atoms with van der Waals surface area (Å²) in [4.78, 5) is 28.5. The fourth-order valence-electron chi connectivity index (χ4n) is 3.99. The summed E-state index contributed by atoms with van der Waals surface area (Å²) in [6.07, 6.45) is 0.248. The van der Waals surface area contributed by atoms with Crippen LogP contribution in [0.2, 0.25) is 0 Å². The summed E-state index contributed by atoms with van der Waals surface area (Å²) in [5.41, 5.74) is 3.35. The van der Waals surface area contributed by atoms with Crippen LogP contribution in [0.15, 0.2) is 54.6 Å². The summed E-state index contributed by atoms with van der Waals surface area (Å²) in [7, 11) is 0. The lowest BCUT2D eigenvalue weighted by Gasteiger charge is -2.14. The Morgan fingerprint density at radius 2 is 1.78 bits per heavy atom. The molecule has 0 bridgehead atoms. The van der Waals surface area contributed by atoms with Gasteiger partial charge in [0.1, 0.15) is 11.5 Å². The number of anilines is 3. The second kappa shape index (κ2) is 8.10. The van der Waals surface area contributed by atoms with Gasteiger partial charge in [0.15, 0.2) is 11.5 Å². The van der Waals surface area contributed by atoms with E-state index in [4.69, 9.17) is 14.6 Å². The number of hydrogen-bond donors (Lipinski definition) is 4. The highest BCUT2D eigenvalue weighted by molar-refractivity contribution is 5.95. The van der Waals surface area contributed by atoms with E-state index in [1.54, 1.807) is 18.2 Å². The van der Waals surface area contributed by atoms with Gasteiger partial charge in [0.25, 0.3) is 5.91 Å². The number of benzene rings is 2. The van der Waals surface area contributed by atoms with Crippen LogP contribution in [0.1, 0.15) is 21.6 Å². The van der Waals surface area contributed by atoms with Crippen molar-refractivity contribution in [2.45, 2.75) is 18.9 Å². The SMILES string of the molecule is O=C(O)Nc1cc(Nc2cccc3c2OCO3)nc(C(=O)NC2Cc3ccccc3C2)c1. The minimum absolute atomic E-state index is 0.0443. The Morgan fingerprint density at radius 1 is 1.00 bits per heavy atom. The molecular weight excluding hydrogens is 412 g/mol. The molecule has 2 aliphatic rings. The van der Waals surface area contributed by atoms with Crippen LogP contribution >= 0.6 is 0 Å². The molecule has 0 unspecified atom stereocenters. The van der Waals surface area contributed by atoms with Gasteiger partial charge in [-0.05, 0) is 42.2 Å². The van der Waals surface area contributed by atoms with E-state index in [2.05, 4.69) is 33.1 Å². The number of para-hydroxylation sites is 1. The van der Waals surface area contributed by atoms with Crippen LogP contribution in [0.4, 0.5) is 22.0 Å². The predicted molar refractivity (Wildman–Crippen MR) is 117 cm³/mol. The number of pyridine rings is 1. The van der Waals surface area contributed by atoms with Crippen LogP contribution in [0.5, 0.6) is 11.5 Å². The van der Waals surface area contributed by atoms with E-state index in [9.17, 15) is 9.59 Å². The minimum Gasteiger partial charge on any atom is -0.465 e. The molecule has 1 aromatic heterocycles. The fourth-order valence-corrected chi connectivity index (χ4v) is 3.99. The molecule has 2 aromatic carbocycles. The van der Waals surface area contributed by atoms with Gasteiger partial charge in [-0.25, -0.2) is 9.78 Å². The van der Waals surface area contributed by atoms with Gasteiger partial charge in [-0.2, -0.15) is 0 Å². The van der Waals surface area contributed by atoms with E-state index in [1.807, 2.05) is 12.1 Å². The lowest BCUT2D eigenvalue weighted by Crippen LogP contribution is -2.35. The first-order chi connectivity index (χ1) is 15.5. The van der Waals surface area contributed by atoms with Crippen molar-refractivity contribution in [1.82, 2.24) is 10.3 Å². The number of nitrogens with one attached hydrogen (secondary N) is 3. The standard InChI is InChI=1S/C23H20N4O5/c28-22(24-15-8-13-4-1-2-5-14(13)9-15)18-10-16(25-23(29)30)11-20(27-18)26-17-6-3-7-19-21(17)32-12-31-19/h1-7,10-11,15H,8-9,12H2,(H,24,28)(H,29,30)(H2,25,26,27). The first-order valence-corrected chi connectivity index (χ1v) is 10.1. The van der Waals surface area contributed by atoms with Gasteiger partial charge in [-0.3, -0.25) is 10.1 Å². The normalized spacial score (nSPS) is 14.0. The second-order valence-corrected chi connectivity index (χ2v) is 7.57. The number of nitrogens with zero attached hydrogens (tertiary/aromatic N) is 1. The smallest absolute Gasteiger partial charge is 0.409 e. The predicted octanol–water partition coefficient (Wildman–Crippen LogP) is 3.54. The molecule has 0 saturated carbocycles. The maximum absolute atomic E-state index is 13.0. The number of aromatic nitrogens is 1. The molecule has 9 heteroatoms. The number of carbonyl (C=O) groups is 2. The maximum Gasteiger partial charge on any atom is 0.409 e. The second-order valence-electron chi connectivity index (χ2n) is 7.57. The van der Waals surface area contributed by atoms with Crippen molar-refractivity contribution in [3.05, 3.63) is 71.4 Å². The van der Waals surface area contributed by atoms with Crippen molar-refractivity contribution in [2.24, 2.45) is 0 Å². The molecular formula is C23H20N4O5. The Hall–Kier alpha value is -4.27. The Morgan fingerprint density at radius 3 is 2.53 bits per heavy atom. The minimum atomic E-state index is -1.24. The van der Waals surface area contributed by atoms with Crippen LogP contribution < -0.4 is 25.4 Å². The number of rotatable bonds is 5. The highest BCUT2D eigenvalue weighted by atomic mass is 16.7. The molecule has 9 nitrogen and oxygen atoms in total. The van der Waals surface area contributed by atoms with Gasteiger partial charge in [0.2, 0.25) is 6.79 Å². The number of amides is 2. The van der Waals surface area contributed by atoms with E-state index in [-0.39, 0.29) is 30.1 Å². The zero-order valence-corrected chi connectivity index (χ0v) is 16.9. The molecule has 5 rings (SSSR count). The lowest BCUT2D eigenvalue weighted by molar-refractivity contribution is 0.0933. The number of ether oxygens (including phenoxy) is 2. The molecule has 1 aliphatic heterocycles. The molecule has 0 radical (unpaired) electrons. The first-order valence-electron chi connectivity index (χ1n) is 10.1. The molecule has 2 amide bonds. The lowest BCUT2D eigenvalue weighted by atomic mass is 10.1. The molecule has 0 spiro atoms. The molecule has 1 aliphatic carbocycles. The molecule has 2 heterocycles. The zero-order valence-electron chi connectivity index (χ0n) is 16.9. The van der Waals surface area contributed by atoms with Crippen LogP contribution in [0.3, 0.4) is 0 Å². The number of carboxylic acid groups (broad SMARTS) is 1. The average Bonchev–Trinajstić information content (AvgIpc) is 3.40. The quantitative estimate of drug-likeness (QED) is 0.486. The molecule has 4 N–H and O–H groups in total. The van der Waals surface area contributed by atoms with Crippen molar-refractivity contribution >= 4 is 29.2 Å². The topological polar surface area (TPSA) is 122 Å². The van der Waals surface area contributed by atoms with Crippen LogP contribution in [-0.4, -0.2) is 34.9 Å². The third-order valence-electron chi connectivity index (χ3n) is 5.35. The number of hydrogen-bond acceptors (Lipinski definition) is 6. The summed E-state index contributed by atoms with van der Waals surface area (Å²) < 4.78 is 10.9. The molecule has 0 fully saturated rings. The number of carbonyl (C=O) groups excluding carboxylic acids is 1. The average molecular weight is 432 g/mol. The largest absolute Gasteiger partial charge is 0.465 e. The van der Waals surface area contributed by atoms with E-state index in [0.29, 0.717) is 23.0 Å². The first kappa shape index (κ1) is 19.7. The summed E-state index contributed by atoms with van der Waals surface area (Å²) in [6.45, 7) is 0.111. The third-order valence-corrected chi connectivity index (χ3v) is 5.35. The van der Waals surface area contributed by atoms with Gasteiger partial charge in [-0.1, -0.05) is 30.3 Å². The van der Waals surface area contributed by atoms with E-state index in [0.717, 1.165) is 12.8 Å². The van der Waals surface area contributed by atoms with Gasteiger partial charge in [-0.15, -0.1) is 0 Å². The molecule has 3 aromatic rings. The van der Waals surface area contributed by atoms with Crippen LogP contribution in [0, 0.1) is 0 Å². The maximum atomic E-state index is 13.0. The van der Waals surface area contributed by atoms with Crippen LogP contribution in [0.25, 0.3) is 0 Å². The summed E-state index contributed by atoms with van der Waals surface area (Å²) in [5.74, 6) is 1.03. The van der Waals surface area contributed by atoms with Gasteiger partial charge >= 0.3 is 6.09 Å². The van der Waals surface area contributed by atoms with Crippen molar-refractivity contribution < 1.29 is 24.2 Å². The molecule has 162 valence electrons. The Bertz CT molecular complexity index is 1190. The van der Waals surface area contributed by atoms with Crippen LogP contribution in [-0.2, 0) is 12.8 Å². The summed E-state index contributed by atoms with van der Waals surface area (Å²) in [5, 5.41) is 17.5. The van der Waals surface area contributed by atoms with E-state index in [1.165, 1.54) is 23.3 Å². The highest BCUT2D eigenvalue weighted by Crippen LogP contribution is 2.40.